The maximum Gasteiger partial charge on any atom is 0.267 e. The topological polar surface area (TPSA) is 93.9 Å². The molecule has 5 rings (SSSR count). The molecule has 0 aliphatic carbocycles. The molecular formula is C22H20N6O2S. The summed E-state index contributed by atoms with van der Waals surface area (Å²) in [6, 6.07) is 12.1. The normalized spacial score (nSPS) is 14.3. The van der Waals surface area contributed by atoms with E-state index in [0.29, 0.717) is 18.9 Å². The zero-order valence-electron chi connectivity index (χ0n) is 16.7. The molecule has 0 saturated carbocycles. The molecular weight excluding hydrogens is 412 g/mol. The molecule has 0 amide bonds. The molecule has 8 nitrogen and oxygen atoms in total. The number of fused-ring (bicyclic) bond motifs is 1. The van der Waals surface area contributed by atoms with Crippen LogP contribution in [0.15, 0.2) is 78.5 Å². The first kappa shape index (κ1) is 19.5. The van der Waals surface area contributed by atoms with Gasteiger partial charge in [0, 0.05) is 62.1 Å². The Morgan fingerprint density at radius 3 is 2.58 bits per heavy atom. The number of aromatic nitrogens is 5. The number of hydrogen-bond donors (Lipinski definition) is 0. The van der Waals surface area contributed by atoms with Crippen molar-refractivity contribution in [2.24, 2.45) is 0 Å². The molecule has 1 aromatic carbocycles. The van der Waals surface area contributed by atoms with Gasteiger partial charge in [-0.05, 0) is 24.3 Å². The van der Waals surface area contributed by atoms with Gasteiger partial charge in [-0.1, -0.05) is 18.2 Å². The van der Waals surface area contributed by atoms with Crippen molar-refractivity contribution in [3.8, 4) is 11.4 Å². The fourth-order valence-electron chi connectivity index (χ4n) is 3.76. The first-order chi connectivity index (χ1) is 15.1. The summed E-state index contributed by atoms with van der Waals surface area (Å²) < 4.78 is 27.5. The van der Waals surface area contributed by atoms with Crippen molar-refractivity contribution >= 4 is 10.0 Å². The Hall–Kier alpha value is -3.43. The average molecular weight is 433 g/mol. The highest BCUT2D eigenvalue weighted by Gasteiger charge is 2.23. The number of benzene rings is 1. The molecule has 0 N–H and O–H groups in total. The minimum absolute atomic E-state index is 0.280. The van der Waals surface area contributed by atoms with Crippen molar-refractivity contribution in [2.45, 2.75) is 24.4 Å². The van der Waals surface area contributed by atoms with Crippen molar-refractivity contribution in [3.63, 3.8) is 0 Å². The van der Waals surface area contributed by atoms with Crippen LogP contribution in [0.5, 0.6) is 0 Å². The summed E-state index contributed by atoms with van der Waals surface area (Å²) in [5.74, 6) is 0.621. The SMILES string of the molecule is O=S(=O)(c1ccccc1)n1cccc1CN1CCc2nc(-c3cncnc3)ncc2C1. The van der Waals surface area contributed by atoms with Crippen LogP contribution in [0.4, 0.5) is 0 Å². The van der Waals surface area contributed by atoms with Crippen molar-refractivity contribution in [1.29, 1.82) is 0 Å². The quantitative estimate of drug-likeness (QED) is 0.478. The van der Waals surface area contributed by atoms with E-state index >= 15 is 0 Å². The predicted octanol–water partition coefficient (Wildman–Crippen LogP) is 2.53. The van der Waals surface area contributed by atoms with E-state index < -0.39 is 10.0 Å². The van der Waals surface area contributed by atoms with Crippen molar-refractivity contribution < 1.29 is 8.42 Å². The first-order valence-electron chi connectivity index (χ1n) is 9.91. The van der Waals surface area contributed by atoms with Gasteiger partial charge in [-0.25, -0.2) is 32.3 Å². The molecule has 0 spiro atoms. The van der Waals surface area contributed by atoms with Gasteiger partial charge in [-0.2, -0.15) is 0 Å². The highest BCUT2D eigenvalue weighted by Crippen LogP contribution is 2.23. The summed E-state index contributed by atoms with van der Waals surface area (Å²) in [6.07, 6.45) is 9.10. The van der Waals surface area contributed by atoms with Gasteiger partial charge in [0.2, 0.25) is 0 Å². The third kappa shape index (κ3) is 3.85. The van der Waals surface area contributed by atoms with E-state index in [0.717, 1.165) is 35.5 Å². The molecule has 0 fully saturated rings. The third-order valence-electron chi connectivity index (χ3n) is 5.31. The third-order valence-corrected chi connectivity index (χ3v) is 7.05. The lowest BCUT2D eigenvalue weighted by Gasteiger charge is -2.28. The van der Waals surface area contributed by atoms with E-state index in [1.165, 1.54) is 10.3 Å². The molecule has 1 aliphatic rings. The summed E-state index contributed by atoms with van der Waals surface area (Å²) in [6.45, 7) is 1.97. The van der Waals surface area contributed by atoms with Crippen LogP contribution in [0, 0.1) is 0 Å². The number of nitrogens with zero attached hydrogens (tertiary/aromatic N) is 6. The van der Waals surface area contributed by atoms with E-state index in [1.54, 1.807) is 55.0 Å². The van der Waals surface area contributed by atoms with Crippen LogP contribution in [0.2, 0.25) is 0 Å². The lowest BCUT2D eigenvalue weighted by molar-refractivity contribution is 0.239. The van der Waals surface area contributed by atoms with Crippen LogP contribution < -0.4 is 0 Å². The second kappa shape index (κ2) is 8.01. The zero-order chi connectivity index (χ0) is 21.3. The lowest BCUT2D eigenvalue weighted by Crippen LogP contribution is -2.32. The highest BCUT2D eigenvalue weighted by molar-refractivity contribution is 7.90. The van der Waals surface area contributed by atoms with Gasteiger partial charge in [0.25, 0.3) is 10.0 Å². The molecule has 9 heteroatoms. The fraction of sp³-hybridized carbons (Fsp3) is 0.182. The van der Waals surface area contributed by atoms with E-state index in [2.05, 4.69) is 19.9 Å². The molecule has 0 saturated heterocycles. The van der Waals surface area contributed by atoms with Crippen LogP contribution in [0.3, 0.4) is 0 Å². The standard InChI is InChI=1S/C22H20N6O2S/c29-31(30,20-6-2-1-3-7-20)28-9-4-5-19(28)15-27-10-8-21-18(14-27)13-25-22(26-21)17-11-23-16-24-12-17/h1-7,9,11-13,16H,8,10,14-15H2. The van der Waals surface area contributed by atoms with E-state index in [9.17, 15) is 8.42 Å². The summed E-state index contributed by atoms with van der Waals surface area (Å²) in [5.41, 5.74) is 3.58. The molecule has 4 aromatic rings. The molecule has 3 aromatic heterocycles. The molecule has 0 unspecified atom stereocenters. The van der Waals surface area contributed by atoms with E-state index in [-0.39, 0.29) is 4.90 Å². The summed E-state index contributed by atoms with van der Waals surface area (Å²) >= 11 is 0. The van der Waals surface area contributed by atoms with Crippen molar-refractivity contribution in [3.05, 3.63) is 90.5 Å². The molecule has 156 valence electrons. The minimum atomic E-state index is -3.62. The summed E-state index contributed by atoms with van der Waals surface area (Å²) in [7, 11) is -3.62. The van der Waals surface area contributed by atoms with Crippen LogP contribution in [0.25, 0.3) is 11.4 Å². The van der Waals surface area contributed by atoms with Gasteiger partial charge in [0.05, 0.1) is 16.2 Å². The Morgan fingerprint density at radius 2 is 1.77 bits per heavy atom. The maximum absolute atomic E-state index is 13.0. The fourth-order valence-corrected chi connectivity index (χ4v) is 5.14. The van der Waals surface area contributed by atoms with Crippen molar-refractivity contribution in [2.75, 3.05) is 6.54 Å². The Kier molecular flexibility index (Phi) is 5.05. The molecule has 0 radical (unpaired) electrons. The van der Waals surface area contributed by atoms with Crippen LogP contribution in [-0.4, -0.2) is 43.8 Å². The molecule has 0 bridgehead atoms. The Labute approximate surface area is 180 Å². The van der Waals surface area contributed by atoms with E-state index in [1.807, 2.05) is 12.3 Å². The highest BCUT2D eigenvalue weighted by atomic mass is 32.2. The van der Waals surface area contributed by atoms with E-state index in [4.69, 9.17) is 4.98 Å². The predicted molar refractivity (Wildman–Crippen MR) is 114 cm³/mol. The average Bonchev–Trinajstić information content (AvgIpc) is 3.29. The Bertz CT molecular complexity index is 1310. The Morgan fingerprint density at radius 1 is 0.968 bits per heavy atom. The number of rotatable bonds is 5. The molecule has 4 heterocycles. The van der Waals surface area contributed by atoms with Gasteiger partial charge >= 0.3 is 0 Å². The van der Waals surface area contributed by atoms with Crippen LogP contribution >= 0.6 is 0 Å². The monoisotopic (exact) mass is 432 g/mol. The van der Waals surface area contributed by atoms with Gasteiger partial charge in [-0.3, -0.25) is 4.90 Å². The summed E-state index contributed by atoms with van der Waals surface area (Å²) in [4.78, 5) is 19.7. The van der Waals surface area contributed by atoms with Crippen LogP contribution in [-0.2, 0) is 29.5 Å². The van der Waals surface area contributed by atoms with Gasteiger partial charge in [-0.15, -0.1) is 0 Å². The smallest absolute Gasteiger partial charge is 0.267 e. The maximum atomic E-state index is 13.0. The minimum Gasteiger partial charge on any atom is -0.293 e. The molecule has 31 heavy (non-hydrogen) atoms. The van der Waals surface area contributed by atoms with Gasteiger partial charge in [0.1, 0.15) is 6.33 Å². The Balaban J connectivity index is 1.36. The molecule has 0 atom stereocenters. The zero-order valence-corrected chi connectivity index (χ0v) is 17.5. The second-order valence-electron chi connectivity index (χ2n) is 7.37. The lowest BCUT2D eigenvalue weighted by atomic mass is 10.1. The second-order valence-corrected chi connectivity index (χ2v) is 9.18. The summed E-state index contributed by atoms with van der Waals surface area (Å²) in [5, 5.41) is 0. The van der Waals surface area contributed by atoms with Crippen molar-refractivity contribution in [1.82, 2.24) is 28.8 Å². The largest absolute Gasteiger partial charge is 0.293 e. The number of hydrogen-bond acceptors (Lipinski definition) is 7. The van der Waals surface area contributed by atoms with Crippen LogP contribution in [0.1, 0.15) is 17.0 Å². The van der Waals surface area contributed by atoms with Gasteiger partial charge < -0.3 is 0 Å². The molecule has 1 aliphatic heterocycles. The first-order valence-corrected chi connectivity index (χ1v) is 11.3. The van der Waals surface area contributed by atoms with Gasteiger partial charge in [0.15, 0.2) is 5.82 Å².